The summed E-state index contributed by atoms with van der Waals surface area (Å²) in [6.07, 6.45) is 0. The number of hydrogen-bond acceptors (Lipinski definition) is 4. The predicted octanol–water partition coefficient (Wildman–Crippen LogP) is 3.61. The highest BCUT2D eigenvalue weighted by atomic mass is 35.5. The average Bonchev–Trinajstić information content (AvgIpc) is 2.58. The number of nitrogens with zero attached hydrogens (tertiary/aromatic N) is 1. The van der Waals surface area contributed by atoms with Gasteiger partial charge in [0.2, 0.25) is 11.1 Å². The first-order valence-corrected chi connectivity index (χ1v) is 10.0. The van der Waals surface area contributed by atoms with Gasteiger partial charge in [-0.1, -0.05) is 12.1 Å². The molecule has 1 atom stereocenters. The quantitative estimate of drug-likeness (QED) is 0.740. The van der Waals surface area contributed by atoms with Crippen molar-refractivity contribution in [3.63, 3.8) is 0 Å². The van der Waals surface area contributed by atoms with Crippen LogP contribution in [0.2, 0.25) is 0 Å². The number of halogens is 1. The number of benzene rings is 2. The third-order valence-corrected chi connectivity index (χ3v) is 6.44. The lowest BCUT2D eigenvalue weighted by Crippen LogP contribution is -2.42. The second-order valence-electron chi connectivity index (χ2n) is 6.21. The first kappa shape index (κ1) is 20.9. The van der Waals surface area contributed by atoms with Crippen LogP contribution in [0.25, 0.3) is 0 Å². The van der Waals surface area contributed by atoms with Gasteiger partial charge in [-0.2, -0.15) is 0 Å². The topological polar surface area (TPSA) is 83.6 Å². The lowest BCUT2D eigenvalue weighted by Gasteiger charge is -2.30. The van der Waals surface area contributed by atoms with E-state index in [1.807, 2.05) is 13.0 Å². The standard InChI is InChI=1S/C19H21ClN2O4S/c1-12-6-5-7-18(13(12)2)22(14(3)19(20)24)27(25,26)17-10-8-16(9-11-17)21-15(4)23/h5-11,14H,1-4H3,(H,21,23). The van der Waals surface area contributed by atoms with Crippen LogP contribution in [0.4, 0.5) is 11.4 Å². The van der Waals surface area contributed by atoms with Gasteiger partial charge in [0, 0.05) is 12.6 Å². The maximum atomic E-state index is 13.3. The highest BCUT2D eigenvalue weighted by Crippen LogP contribution is 2.31. The minimum atomic E-state index is -4.07. The van der Waals surface area contributed by atoms with Gasteiger partial charge < -0.3 is 5.32 Å². The second-order valence-corrected chi connectivity index (χ2v) is 8.39. The number of hydrogen-bond donors (Lipinski definition) is 1. The molecule has 0 aliphatic rings. The van der Waals surface area contributed by atoms with Crippen LogP contribution < -0.4 is 9.62 Å². The molecule has 8 heteroatoms. The Kier molecular flexibility index (Phi) is 6.28. The molecular weight excluding hydrogens is 388 g/mol. The molecule has 27 heavy (non-hydrogen) atoms. The number of anilines is 2. The first-order chi connectivity index (χ1) is 12.6. The van der Waals surface area contributed by atoms with Gasteiger partial charge in [0.15, 0.2) is 0 Å². The first-order valence-electron chi connectivity index (χ1n) is 8.23. The van der Waals surface area contributed by atoms with Gasteiger partial charge in [-0.25, -0.2) is 8.42 Å². The van der Waals surface area contributed by atoms with Gasteiger partial charge in [0.25, 0.3) is 10.0 Å². The van der Waals surface area contributed by atoms with E-state index in [0.29, 0.717) is 11.4 Å². The zero-order valence-corrected chi connectivity index (χ0v) is 17.1. The lowest BCUT2D eigenvalue weighted by molar-refractivity contribution is -0.114. The number of nitrogens with one attached hydrogen (secondary N) is 1. The van der Waals surface area contributed by atoms with E-state index in [9.17, 15) is 18.0 Å². The number of rotatable bonds is 6. The predicted molar refractivity (Wildman–Crippen MR) is 107 cm³/mol. The summed E-state index contributed by atoms with van der Waals surface area (Å²) in [4.78, 5) is 22.9. The Balaban J connectivity index is 2.59. The molecule has 0 aromatic heterocycles. The molecule has 0 radical (unpaired) electrons. The second kappa shape index (κ2) is 8.10. The number of carbonyl (C=O) groups excluding carboxylic acids is 2. The third kappa shape index (κ3) is 4.48. The third-order valence-electron chi connectivity index (χ3n) is 4.23. The Bertz CT molecular complexity index is 972. The summed E-state index contributed by atoms with van der Waals surface area (Å²) in [7, 11) is -4.07. The highest BCUT2D eigenvalue weighted by molar-refractivity contribution is 7.93. The zero-order chi connectivity index (χ0) is 20.4. The van der Waals surface area contributed by atoms with Crippen LogP contribution >= 0.6 is 11.6 Å². The van der Waals surface area contributed by atoms with Crippen molar-refractivity contribution in [2.75, 3.05) is 9.62 Å². The SMILES string of the molecule is CC(=O)Nc1ccc(S(=O)(=O)N(c2cccc(C)c2C)C(C)C(=O)Cl)cc1. The summed E-state index contributed by atoms with van der Waals surface area (Å²) >= 11 is 5.65. The molecule has 0 saturated carbocycles. The van der Waals surface area contributed by atoms with Crippen molar-refractivity contribution in [3.05, 3.63) is 53.6 Å². The molecule has 1 amide bonds. The molecule has 0 saturated heterocycles. The zero-order valence-electron chi connectivity index (χ0n) is 15.5. The molecule has 1 unspecified atom stereocenters. The lowest BCUT2D eigenvalue weighted by atomic mass is 10.1. The Morgan fingerprint density at radius 3 is 2.19 bits per heavy atom. The van der Waals surface area contributed by atoms with Gasteiger partial charge in [-0.3, -0.25) is 13.9 Å². The molecule has 0 fully saturated rings. The number of aryl methyl sites for hydroxylation is 1. The van der Waals surface area contributed by atoms with Gasteiger partial charge >= 0.3 is 0 Å². The molecule has 144 valence electrons. The van der Waals surface area contributed by atoms with Crippen LogP contribution in [-0.4, -0.2) is 25.6 Å². The number of amides is 1. The Morgan fingerprint density at radius 2 is 1.67 bits per heavy atom. The largest absolute Gasteiger partial charge is 0.326 e. The van der Waals surface area contributed by atoms with E-state index >= 15 is 0 Å². The Hall–Kier alpha value is -2.38. The van der Waals surface area contributed by atoms with Gasteiger partial charge in [-0.15, -0.1) is 0 Å². The summed E-state index contributed by atoms with van der Waals surface area (Å²) in [6.45, 7) is 6.46. The van der Waals surface area contributed by atoms with Gasteiger partial charge in [-0.05, 0) is 73.8 Å². The van der Waals surface area contributed by atoms with E-state index in [4.69, 9.17) is 11.6 Å². The minimum absolute atomic E-state index is 0.0118. The molecule has 2 aromatic rings. The van der Waals surface area contributed by atoms with E-state index in [1.165, 1.54) is 38.1 Å². The molecule has 2 aromatic carbocycles. The highest BCUT2D eigenvalue weighted by Gasteiger charge is 2.33. The van der Waals surface area contributed by atoms with Crippen LogP contribution in [0, 0.1) is 13.8 Å². The van der Waals surface area contributed by atoms with Crippen molar-refractivity contribution in [1.29, 1.82) is 0 Å². The Morgan fingerprint density at radius 1 is 1.07 bits per heavy atom. The molecule has 0 spiro atoms. The fourth-order valence-electron chi connectivity index (χ4n) is 2.64. The molecule has 0 aliphatic carbocycles. The molecule has 0 bridgehead atoms. The fraction of sp³-hybridized carbons (Fsp3) is 0.263. The normalized spacial score (nSPS) is 12.3. The van der Waals surface area contributed by atoms with Crippen LogP contribution in [0.1, 0.15) is 25.0 Å². The van der Waals surface area contributed by atoms with Crippen molar-refractivity contribution in [2.24, 2.45) is 0 Å². The monoisotopic (exact) mass is 408 g/mol. The molecule has 2 rings (SSSR count). The summed E-state index contributed by atoms with van der Waals surface area (Å²) < 4.78 is 27.6. The summed E-state index contributed by atoms with van der Waals surface area (Å²) in [6, 6.07) is 9.87. The van der Waals surface area contributed by atoms with Crippen molar-refractivity contribution in [2.45, 2.75) is 38.6 Å². The molecular formula is C19H21ClN2O4S. The van der Waals surface area contributed by atoms with Crippen molar-refractivity contribution in [1.82, 2.24) is 0 Å². The Labute approximate surface area is 164 Å². The van der Waals surface area contributed by atoms with Crippen molar-refractivity contribution in [3.8, 4) is 0 Å². The van der Waals surface area contributed by atoms with E-state index in [0.717, 1.165) is 15.4 Å². The van der Waals surface area contributed by atoms with E-state index in [-0.39, 0.29) is 10.8 Å². The maximum Gasteiger partial charge on any atom is 0.265 e. The molecule has 6 nitrogen and oxygen atoms in total. The smallest absolute Gasteiger partial charge is 0.265 e. The van der Waals surface area contributed by atoms with Crippen LogP contribution in [0.5, 0.6) is 0 Å². The van der Waals surface area contributed by atoms with E-state index in [1.54, 1.807) is 19.1 Å². The van der Waals surface area contributed by atoms with E-state index in [2.05, 4.69) is 5.32 Å². The summed E-state index contributed by atoms with van der Waals surface area (Å²) in [5.41, 5.74) is 2.49. The number of carbonyl (C=O) groups is 2. The van der Waals surface area contributed by atoms with Crippen molar-refractivity contribution >= 4 is 44.1 Å². The van der Waals surface area contributed by atoms with Gasteiger partial charge in [0.1, 0.15) is 6.04 Å². The van der Waals surface area contributed by atoms with Crippen LogP contribution in [0.3, 0.4) is 0 Å². The van der Waals surface area contributed by atoms with Crippen LogP contribution in [-0.2, 0) is 19.6 Å². The maximum absolute atomic E-state index is 13.3. The summed E-state index contributed by atoms with van der Waals surface area (Å²) in [5, 5.41) is 1.80. The molecule has 0 aliphatic heterocycles. The number of sulfonamides is 1. The van der Waals surface area contributed by atoms with Crippen LogP contribution in [0.15, 0.2) is 47.4 Å². The van der Waals surface area contributed by atoms with E-state index < -0.39 is 21.3 Å². The fourth-order valence-corrected chi connectivity index (χ4v) is 4.47. The van der Waals surface area contributed by atoms with Gasteiger partial charge in [0.05, 0.1) is 10.6 Å². The average molecular weight is 409 g/mol. The minimum Gasteiger partial charge on any atom is -0.326 e. The molecule has 0 heterocycles. The van der Waals surface area contributed by atoms with Crippen molar-refractivity contribution < 1.29 is 18.0 Å². The summed E-state index contributed by atoms with van der Waals surface area (Å²) in [5.74, 6) is -0.260. The molecule has 1 N–H and O–H groups in total.